The number of aromatic amines is 2. The maximum atomic E-state index is 13.1. The van der Waals surface area contributed by atoms with E-state index in [1.165, 1.54) is 24.3 Å². The first kappa shape index (κ1) is 18.8. The van der Waals surface area contributed by atoms with E-state index in [9.17, 15) is 24.1 Å². The van der Waals surface area contributed by atoms with Gasteiger partial charge in [0.05, 0.1) is 4.92 Å². The first-order valence-corrected chi connectivity index (χ1v) is 8.09. The van der Waals surface area contributed by atoms with Crippen LogP contribution in [0.5, 0.6) is 5.75 Å². The summed E-state index contributed by atoms with van der Waals surface area (Å²) in [7, 11) is 0. The molecule has 0 bridgehead atoms. The van der Waals surface area contributed by atoms with E-state index >= 15 is 0 Å². The van der Waals surface area contributed by atoms with Crippen LogP contribution < -0.4 is 16.0 Å². The van der Waals surface area contributed by atoms with Crippen molar-refractivity contribution in [3.05, 3.63) is 102 Å². The average molecular weight is 383 g/mol. The smallest absolute Gasteiger partial charge is 0.357 e. The summed E-state index contributed by atoms with van der Waals surface area (Å²) >= 11 is 0. The molecule has 1 heterocycles. The van der Waals surface area contributed by atoms with Crippen molar-refractivity contribution in [1.82, 2.24) is 9.97 Å². The monoisotopic (exact) mass is 383 g/mol. The molecule has 0 aliphatic rings. The second-order valence-corrected chi connectivity index (χ2v) is 5.75. The minimum atomic E-state index is -1.07. The van der Waals surface area contributed by atoms with Crippen LogP contribution in [0.1, 0.15) is 16.8 Å². The third kappa shape index (κ3) is 4.58. The lowest BCUT2D eigenvalue weighted by atomic mass is 10.2. The summed E-state index contributed by atoms with van der Waals surface area (Å²) in [6, 6.07) is 12.8. The van der Waals surface area contributed by atoms with Gasteiger partial charge in [0.1, 0.15) is 23.9 Å². The highest BCUT2D eigenvalue weighted by Gasteiger charge is 2.18. The van der Waals surface area contributed by atoms with Gasteiger partial charge in [0.2, 0.25) is 0 Å². The maximum Gasteiger partial charge on any atom is 0.357 e. The van der Waals surface area contributed by atoms with Crippen molar-refractivity contribution in [2.24, 2.45) is 0 Å². The number of benzene rings is 2. The van der Waals surface area contributed by atoms with Crippen LogP contribution in [-0.2, 0) is 6.61 Å². The fourth-order valence-electron chi connectivity index (χ4n) is 2.45. The van der Waals surface area contributed by atoms with Crippen LogP contribution in [0.15, 0.2) is 58.1 Å². The Labute approximate surface area is 157 Å². The number of rotatable bonds is 6. The van der Waals surface area contributed by atoms with Gasteiger partial charge in [-0.3, -0.25) is 19.9 Å². The van der Waals surface area contributed by atoms with Crippen LogP contribution in [0.4, 0.5) is 10.1 Å². The SMILES string of the molecule is O=c1[nH]c(/C=C/c2ccc(OCc3cccc(F)c3)cc2)c([N+](=O)[O-])c(=O)[nH]1. The van der Waals surface area contributed by atoms with Gasteiger partial charge in [0.25, 0.3) is 0 Å². The number of halogens is 1. The number of hydrogen-bond acceptors (Lipinski definition) is 5. The van der Waals surface area contributed by atoms with Crippen LogP contribution >= 0.6 is 0 Å². The van der Waals surface area contributed by atoms with E-state index in [1.54, 1.807) is 36.4 Å². The largest absolute Gasteiger partial charge is 0.489 e. The molecule has 28 heavy (non-hydrogen) atoms. The molecule has 9 heteroatoms. The summed E-state index contributed by atoms with van der Waals surface area (Å²) in [5.74, 6) is 0.213. The van der Waals surface area contributed by atoms with Crippen molar-refractivity contribution >= 4 is 17.8 Å². The Bertz CT molecular complexity index is 1150. The summed E-state index contributed by atoms with van der Waals surface area (Å²) < 4.78 is 18.7. The zero-order valence-electron chi connectivity index (χ0n) is 14.3. The molecule has 0 aliphatic carbocycles. The minimum absolute atomic E-state index is 0.202. The third-order valence-corrected chi connectivity index (χ3v) is 3.75. The van der Waals surface area contributed by atoms with Gasteiger partial charge in [0, 0.05) is 0 Å². The van der Waals surface area contributed by atoms with Gasteiger partial charge < -0.3 is 9.72 Å². The highest BCUT2D eigenvalue weighted by atomic mass is 19.1. The van der Waals surface area contributed by atoms with E-state index in [1.807, 2.05) is 4.98 Å². The summed E-state index contributed by atoms with van der Waals surface area (Å²) in [5.41, 5.74) is -1.51. The lowest BCUT2D eigenvalue weighted by Gasteiger charge is -2.06. The lowest BCUT2D eigenvalue weighted by molar-refractivity contribution is -0.386. The predicted molar refractivity (Wildman–Crippen MR) is 100 cm³/mol. The maximum absolute atomic E-state index is 13.1. The molecule has 142 valence electrons. The number of H-pyrrole nitrogens is 2. The van der Waals surface area contributed by atoms with E-state index in [0.717, 1.165) is 0 Å². The molecular formula is C19H14FN3O5. The molecule has 0 atom stereocenters. The quantitative estimate of drug-likeness (QED) is 0.501. The van der Waals surface area contributed by atoms with Crippen LogP contribution in [0.2, 0.25) is 0 Å². The summed E-state index contributed by atoms with van der Waals surface area (Å²) in [6.07, 6.45) is 2.78. The minimum Gasteiger partial charge on any atom is -0.489 e. The number of nitro groups is 1. The molecule has 3 rings (SSSR count). The Morgan fingerprint density at radius 1 is 1.07 bits per heavy atom. The molecule has 2 aromatic carbocycles. The summed E-state index contributed by atoms with van der Waals surface area (Å²) in [6.45, 7) is 0.202. The fraction of sp³-hybridized carbons (Fsp3) is 0.0526. The summed E-state index contributed by atoms with van der Waals surface area (Å²) in [5, 5.41) is 11.0. The molecule has 0 unspecified atom stereocenters. The molecular weight excluding hydrogens is 369 g/mol. The lowest BCUT2D eigenvalue weighted by Crippen LogP contribution is -2.25. The molecule has 1 aromatic heterocycles. The van der Waals surface area contributed by atoms with E-state index in [4.69, 9.17) is 4.74 Å². The molecule has 2 N–H and O–H groups in total. The van der Waals surface area contributed by atoms with Gasteiger partial charge in [-0.2, -0.15) is 0 Å². The average Bonchev–Trinajstić information content (AvgIpc) is 2.64. The Balaban J connectivity index is 1.73. The Morgan fingerprint density at radius 3 is 2.50 bits per heavy atom. The van der Waals surface area contributed by atoms with Gasteiger partial charge in [-0.15, -0.1) is 0 Å². The predicted octanol–water partition coefficient (Wildman–Crippen LogP) is 2.86. The topological polar surface area (TPSA) is 118 Å². The third-order valence-electron chi connectivity index (χ3n) is 3.75. The van der Waals surface area contributed by atoms with Gasteiger partial charge in [-0.25, -0.2) is 9.18 Å². The second-order valence-electron chi connectivity index (χ2n) is 5.75. The number of aromatic nitrogens is 2. The van der Waals surface area contributed by atoms with Crippen molar-refractivity contribution in [1.29, 1.82) is 0 Å². The Hall–Kier alpha value is -4.01. The first-order valence-electron chi connectivity index (χ1n) is 8.09. The van der Waals surface area contributed by atoms with E-state index in [-0.39, 0.29) is 18.1 Å². The van der Waals surface area contributed by atoms with Crippen LogP contribution in [0.25, 0.3) is 12.2 Å². The normalized spacial score (nSPS) is 10.9. The zero-order valence-corrected chi connectivity index (χ0v) is 14.3. The standard InChI is InChI=1S/C19H14FN3O5/c20-14-3-1-2-13(10-14)11-28-15-7-4-12(5-8-15)6-9-16-17(23(26)27)18(24)22-19(25)21-16/h1-10H,11H2,(H2,21,22,24,25)/b9-6+. The van der Waals surface area contributed by atoms with Crippen molar-refractivity contribution in [2.45, 2.75) is 6.61 Å². The molecule has 0 saturated carbocycles. The van der Waals surface area contributed by atoms with Crippen molar-refractivity contribution in [2.75, 3.05) is 0 Å². The molecule has 0 saturated heterocycles. The van der Waals surface area contributed by atoms with Crippen LogP contribution in [0, 0.1) is 15.9 Å². The highest BCUT2D eigenvalue weighted by Crippen LogP contribution is 2.17. The molecule has 0 spiro atoms. The number of ether oxygens (including phenoxy) is 1. The molecule has 0 radical (unpaired) electrons. The zero-order chi connectivity index (χ0) is 20.1. The van der Waals surface area contributed by atoms with E-state index in [2.05, 4.69) is 4.98 Å². The van der Waals surface area contributed by atoms with Gasteiger partial charge in [-0.1, -0.05) is 30.3 Å². The first-order chi connectivity index (χ1) is 13.4. The molecule has 8 nitrogen and oxygen atoms in total. The van der Waals surface area contributed by atoms with Crippen molar-refractivity contribution in [3.63, 3.8) is 0 Å². The molecule has 0 aliphatic heterocycles. The van der Waals surface area contributed by atoms with Gasteiger partial charge in [0.15, 0.2) is 0 Å². The molecule has 3 aromatic rings. The van der Waals surface area contributed by atoms with Crippen molar-refractivity contribution in [3.8, 4) is 5.75 Å². The fourth-order valence-corrected chi connectivity index (χ4v) is 2.45. The number of nitrogens with one attached hydrogen (secondary N) is 2. The number of hydrogen-bond donors (Lipinski definition) is 2. The molecule has 0 fully saturated rings. The van der Waals surface area contributed by atoms with Crippen LogP contribution in [-0.4, -0.2) is 14.9 Å². The Kier molecular flexibility index (Phi) is 5.45. The van der Waals surface area contributed by atoms with Crippen LogP contribution in [0.3, 0.4) is 0 Å². The van der Waals surface area contributed by atoms with Crippen molar-refractivity contribution < 1.29 is 14.1 Å². The van der Waals surface area contributed by atoms with E-state index < -0.39 is 21.9 Å². The summed E-state index contributed by atoms with van der Waals surface area (Å²) in [4.78, 5) is 37.1. The Morgan fingerprint density at radius 2 is 1.82 bits per heavy atom. The molecule has 0 amide bonds. The highest BCUT2D eigenvalue weighted by molar-refractivity contribution is 5.71. The van der Waals surface area contributed by atoms with E-state index in [0.29, 0.717) is 16.9 Å². The van der Waals surface area contributed by atoms with Gasteiger partial charge >= 0.3 is 16.9 Å². The number of nitrogens with zero attached hydrogens (tertiary/aromatic N) is 1. The second kappa shape index (κ2) is 8.12. The van der Waals surface area contributed by atoms with Gasteiger partial charge in [-0.05, 0) is 41.5 Å².